The number of benzene rings is 1. The van der Waals surface area contributed by atoms with Gasteiger partial charge in [-0.15, -0.1) is 0 Å². The first-order chi connectivity index (χ1) is 9.63. The van der Waals surface area contributed by atoms with Crippen LogP contribution >= 0.6 is 11.6 Å². The number of hydrogen-bond acceptors (Lipinski definition) is 4. The molecular formula is C13H8ClN3O3. The lowest BCUT2D eigenvalue weighted by Gasteiger charge is -2.05. The van der Waals surface area contributed by atoms with Gasteiger partial charge in [0, 0.05) is 17.6 Å². The summed E-state index contributed by atoms with van der Waals surface area (Å²) in [4.78, 5) is 18.7. The van der Waals surface area contributed by atoms with Gasteiger partial charge >= 0.3 is 6.09 Å². The number of hydrogen-bond donors (Lipinski definition) is 1. The summed E-state index contributed by atoms with van der Waals surface area (Å²) in [5, 5.41) is 10.0. The number of carbonyl (C=O) groups is 1. The highest BCUT2D eigenvalue weighted by molar-refractivity contribution is 6.29. The maximum atomic E-state index is 11.0. The lowest BCUT2D eigenvalue weighted by molar-refractivity contribution is 0.197. The molecule has 1 N–H and O–H groups in total. The van der Waals surface area contributed by atoms with E-state index >= 15 is 0 Å². The van der Waals surface area contributed by atoms with Gasteiger partial charge < -0.3 is 9.84 Å². The summed E-state index contributed by atoms with van der Waals surface area (Å²) in [6.45, 7) is 0. The maximum Gasteiger partial charge on any atom is 0.415 e. The smallest absolute Gasteiger partial charge is 0.415 e. The fraction of sp³-hybridized carbons (Fsp3) is 0. The van der Waals surface area contributed by atoms with Crippen LogP contribution < -0.4 is 4.74 Å². The first-order valence-corrected chi connectivity index (χ1v) is 6.01. The van der Waals surface area contributed by atoms with Crippen molar-refractivity contribution in [1.82, 2.24) is 14.5 Å². The van der Waals surface area contributed by atoms with Gasteiger partial charge in [0.15, 0.2) is 0 Å². The minimum Gasteiger partial charge on any atom is -0.464 e. The van der Waals surface area contributed by atoms with Crippen molar-refractivity contribution in [1.29, 1.82) is 0 Å². The number of rotatable bonds is 2. The van der Waals surface area contributed by atoms with Crippen LogP contribution in [0.2, 0.25) is 5.15 Å². The fourth-order valence-corrected chi connectivity index (χ4v) is 1.98. The molecule has 3 aromatic rings. The third-order valence-corrected chi connectivity index (χ3v) is 2.91. The molecule has 2 aromatic heterocycles. The highest BCUT2D eigenvalue weighted by Crippen LogP contribution is 2.25. The number of nitrogens with zero attached hydrogens (tertiary/aromatic N) is 3. The number of carboxylic acid groups (broad SMARTS) is 1. The van der Waals surface area contributed by atoms with Gasteiger partial charge in [0.25, 0.3) is 0 Å². The molecule has 0 bridgehead atoms. The van der Waals surface area contributed by atoms with Crippen molar-refractivity contribution in [2.24, 2.45) is 0 Å². The Kier molecular flexibility index (Phi) is 3.00. The van der Waals surface area contributed by atoms with Gasteiger partial charge in [0.2, 0.25) is 5.88 Å². The van der Waals surface area contributed by atoms with Gasteiger partial charge in [-0.05, 0) is 24.3 Å². The van der Waals surface area contributed by atoms with E-state index in [9.17, 15) is 4.79 Å². The second-order valence-corrected chi connectivity index (χ2v) is 4.36. The van der Waals surface area contributed by atoms with E-state index in [0.29, 0.717) is 17.1 Å². The molecule has 20 heavy (non-hydrogen) atoms. The maximum absolute atomic E-state index is 11.0. The molecule has 0 saturated carbocycles. The molecule has 3 rings (SSSR count). The zero-order valence-electron chi connectivity index (χ0n) is 10.0. The topological polar surface area (TPSA) is 77.2 Å². The third-order valence-electron chi connectivity index (χ3n) is 2.70. The van der Waals surface area contributed by atoms with E-state index < -0.39 is 6.09 Å². The van der Waals surface area contributed by atoms with Crippen molar-refractivity contribution in [3.8, 4) is 11.6 Å². The molecular weight excluding hydrogens is 282 g/mol. The minimum absolute atomic E-state index is 0.285. The summed E-state index contributed by atoms with van der Waals surface area (Å²) >= 11 is 5.74. The quantitative estimate of drug-likeness (QED) is 0.732. The molecule has 0 fully saturated rings. The van der Waals surface area contributed by atoms with Gasteiger partial charge in [-0.1, -0.05) is 11.6 Å². The van der Waals surface area contributed by atoms with Gasteiger partial charge in [-0.25, -0.2) is 14.8 Å². The van der Waals surface area contributed by atoms with Crippen molar-refractivity contribution < 1.29 is 14.6 Å². The number of aromatic nitrogens is 3. The van der Waals surface area contributed by atoms with Crippen LogP contribution in [0.5, 0.6) is 11.6 Å². The largest absolute Gasteiger partial charge is 0.464 e. The van der Waals surface area contributed by atoms with Crippen molar-refractivity contribution in [3.63, 3.8) is 0 Å². The Bertz CT molecular complexity index is 800. The van der Waals surface area contributed by atoms with Crippen molar-refractivity contribution in [2.45, 2.75) is 0 Å². The van der Waals surface area contributed by atoms with Crippen molar-refractivity contribution in [3.05, 3.63) is 48.0 Å². The van der Waals surface area contributed by atoms with E-state index in [2.05, 4.69) is 9.97 Å². The molecule has 100 valence electrons. The van der Waals surface area contributed by atoms with Gasteiger partial charge in [-0.2, -0.15) is 0 Å². The summed E-state index contributed by atoms with van der Waals surface area (Å²) < 4.78 is 6.68. The summed E-state index contributed by atoms with van der Waals surface area (Å²) in [6, 6.07) is 8.25. The summed E-state index contributed by atoms with van der Waals surface area (Å²) in [5.74, 6) is 0.859. The fourth-order valence-electron chi connectivity index (χ4n) is 1.84. The first kappa shape index (κ1) is 12.4. The molecule has 7 heteroatoms. The summed E-state index contributed by atoms with van der Waals surface area (Å²) in [6.07, 6.45) is 1.76. The molecule has 6 nitrogen and oxygen atoms in total. The monoisotopic (exact) mass is 289 g/mol. The van der Waals surface area contributed by atoms with Crippen LogP contribution in [0.1, 0.15) is 0 Å². The van der Waals surface area contributed by atoms with Crippen LogP contribution in [-0.2, 0) is 0 Å². The molecule has 1 aromatic carbocycles. The number of ether oxygens (including phenoxy) is 1. The number of halogens is 1. The molecule has 0 atom stereocenters. The first-order valence-electron chi connectivity index (χ1n) is 5.63. The Morgan fingerprint density at radius 1 is 1.25 bits per heavy atom. The van der Waals surface area contributed by atoms with Gasteiger partial charge in [0.05, 0.1) is 5.52 Å². The molecule has 0 aliphatic carbocycles. The van der Waals surface area contributed by atoms with Crippen LogP contribution in [0, 0.1) is 0 Å². The molecule has 2 heterocycles. The standard InChI is InChI=1S/C13H8ClN3O3/c14-11-6-12(16-7-15-11)20-9-1-2-10-8(5-9)3-4-17(10)13(18)19/h1-7H,(H,18,19). The number of fused-ring (bicyclic) bond motifs is 1. The average molecular weight is 290 g/mol. The second-order valence-electron chi connectivity index (χ2n) is 3.97. The molecule has 0 radical (unpaired) electrons. The van der Waals surface area contributed by atoms with E-state index in [1.54, 1.807) is 24.3 Å². The predicted octanol–water partition coefficient (Wildman–Crippen LogP) is 3.40. The third kappa shape index (κ3) is 2.28. The van der Waals surface area contributed by atoms with E-state index in [1.165, 1.54) is 18.6 Å². The molecule has 0 aliphatic heterocycles. The zero-order valence-corrected chi connectivity index (χ0v) is 10.8. The van der Waals surface area contributed by atoms with Crippen molar-refractivity contribution >= 4 is 28.6 Å². The SMILES string of the molecule is O=C(O)n1ccc2cc(Oc3cc(Cl)ncn3)ccc21. The van der Waals surface area contributed by atoms with E-state index in [-0.39, 0.29) is 5.15 Å². The van der Waals surface area contributed by atoms with Crippen LogP contribution in [0.3, 0.4) is 0 Å². The van der Waals surface area contributed by atoms with E-state index in [0.717, 1.165) is 9.95 Å². The Morgan fingerprint density at radius 2 is 2.10 bits per heavy atom. The van der Waals surface area contributed by atoms with E-state index in [4.69, 9.17) is 21.4 Å². The van der Waals surface area contributed by atoms with Crippen molar-refractivity contribution in [2.75, 3.05) is 0 Å². The van der Waals surface area contributed by atoms with Crippen LogP contribution in [-0.4, -0.2) is 25.7 Å². The summed E-state index contributed by atoms with van der Waals surface area (Å²) in [7, 11) is 0. The second kappa shape index (κ2) is 4.82. The van der Waals surface area contributed by atoms with Gasteiger partial charge in [0.1, 0.15) is 17.2 Å². The van der Waals surface area contributed by atoms with Gasteiger partial charge in [-0.3, -0.25) is 4.57 Å². The normalized spacial score (nSPS) is 10.7. The van der Waals surface area contributed by atoms with Crippen LogP contribution in [0.15, 0.2) is 42.9 Å². The molecule has 0 spiro atoms. The molecule has 0 amide bonds. The van der Waals surface area contributed by atoms with Crippen LogP contribution in [0.4, 0.5) is 4.79 Å². The zero-order chi connectivity index (χ0) is 14.1. The van der Waals surface area contributed by atoms with E-state index in [1.807, 2.05) is 0 Å². The minimum atomic E-state index is -1.03. The molecule has 0 unspecified atom stereocenters. The highest BCUT2D eigenvalue weighted by Gasteiger charge is 2.08. The predicted molar refractivity (Wildman–Crippen MR) is 72.5 cm³/mol. The molecule has 0 saturated heterocycles. The highest BCUT2D eigenvalue weighted by atomic mass is 35.5. The Balaban J connectivity index is 1.95. The van der Waals surface area contributed by atoms with Crippen LogP contribution in [0.25, 0.3) is 10.9 Å². The average Bonchev–Trinajstić information content (AvgIpc) is 2.82. The lowest BCUT2D eigenvalue weighted by atomic mass is 10.2. The Morgan fingerprint density at radius 3 is 2.85 bits per heavy atom. The Labute approximate surface area is 118 Å². The lowest BCUT2D eigenvalue weighted by Crippen LogP contribution is -2.05. The Hall–Kier alpha value is -2.60. The molecule has 0 aliphatic rings. The summed E-state index contributed by atoms with van der Waals surface area (Å²) in [5.41, 5.74) is 0.588.